The molecular formula is C24H24FNO3S. The zero-order valence-electron chi connectivity index (χ0n) is 16.7. The molecule has 1 saturated heterocycles. The quantitative estimate of drug-likeness (QED) is 0.590. The van der Waals surface area contributed by atoms with Crippen LogP contribution in [0.25, 0.3) is 0 Å². The number of rotatable bonds is 6. The zero-order valence-corrected chi connectivity index (χ0v) is 17.6. The summed E-state index contributed by atoms with van der Waals surface area (Å²) in [5.74, 6) is -0.322. The molecule has 4 nitrogen and oxygen atoms in total. The van der Waals surface area contributed by atoms with Crippen LogP contribution in [0, 0.1) is 12.7 Å². The van der Waals surface area contributed by atoms with E-state index >= 15 is 0 Å². The smallest absolute Gasteiger partial charge is 0.245 e. The molecule has 0 N–H and O–H groups in total. The Morgan fingerprint density at radius 1 is 0.900 bits per heavy atom. The Balaban J connectivity index is 1.67. The van der Waals surface area contributed by atoms with Gasteiger partial charge in [-0.25, -0.2) is 12.8 Å². The highest BCUT2D eigenvalue weighted by Crippen LogP contribution is 2.30. The summed E-state index contributed by atoms with van der Waals surface area (Å²) in [5.41, 5.74) is 2.87. The van der Waals surface area contributed by atoms with E-state index in [2.05, 4.69) is 0 Å². The van der Waals surface area contributed by atoms with Gasteiger partial charge in [0.05, 0.1) is 17.5 Å². The van der Waals surface area contributed by atoms with E-state index in [1.165, 1.54) is 16.4 Å². The van der Waals surface area contributed by atoms with Gasteiger partial charge in [0, 0.05) is 6.42 Å². The third kappa shape index (κ3) is 4.46. The number of sulfonamides is 1. The predicted molar refractivity (Wildman–Crippen MR) is 114 cm³/mol. The standard InChI is InChI=1S/C24H24FNO3S/c1-18-7-13-23(14-8-18)30(27,28)26-22(15-19-5-3-2-4-6-19)17-29-24(26)16-20-9-11-21(25)12-10-20/h2-14,22,24H,15-17H2,1H3/t22-,24-/m0/s1. The van der Waals surface area contributed by atoms with E-state index in [-0.39, 0.29) is 16.8 Å². The maximum Gasteiger partial charge on any atom is 0.245 e. The van der Waals surface area contributed by atoms with E-state index < -0.39 is 16.3 Å². The molecule has 1 aliphatic rings. The van der Waals surface area contributed by atoms with E-state index in [1.807, 2.05) is 37.3 Å². The summed E-state index contributed by atoms with van der Waals surface area (Å²) >= 11 is 0. The van der Waals surface area contributed by atoms with Gasteiger partial charge in [0.25, 0.3) is 0 Å². The fourth-order valence-corrected chi connectivity index (χ4v) is 5.49. The van der Waals surface area contributed by atoms with Gasteiger partial charge in [-0.05, 0) is 48.7 Å². The molecule has 0 aliphatic carbocycles. The summed E-state index contributed by atoms with van der Waals surface area (Å²) in [5, 5.41) is 0. The summed E-state index contributed by atoms with van der Waals surface area (Å²) in [6, 6.07) is 22.4. The van der Waals surface area contributed by atoms with E-state index in [4.69, 9.17) is 4.74 Å². The van der Waals surface area contributed by atoms with Crippen molar-refractivity contribution in [3.05, 3.63) is 101 Å². The van der Waals surface area contributed by atoms with Crippen LogP contribution in [0.5, 0.6) is 0 Å². The SMILES string of the molecule is Cc1ccc(S(=O)(=O)N2[C@@H](Cc3ccccc3)CO[C@H]2Cc2ccc(F)cc2)cc1. The molecule has 156 valence electrons. The van der Waals surface area contributed by atoms with Gasteiger partial charge >= 0.3 is 0 Å². The second-order valence-corrected chi connectivity index (χ2v) is 9.45. The molecule has 1 heterocycles. The Morgan fingerprint density at radius 3 is 2.20 bits per heavy atom. The largest absolute Gasteiger partial charge is 0.360 e. The van der Waals surface area contributed by atoms with Crippen molar-refractivity contribution in [1.82, 2.24) is 4.31 Å². The van der Waals surface area contributed by atoms with Crippen LogP contribution in [0.15, 0.2) is 83.8 Å². The maximum atomic E-state index is 13.6. The van der Waals surface area contributed by atoms with Crippen molar-refractivity contribution in [1.29, 1.82) is 0 Å². The van der Waals surface area contributed by atoms with Crippen molar-refractivity contribution in [3.8, 4) is 0 Å². The lowest BCUT2D eigenvalue weighted by molar-refractivity contribution is 0.0688. The number of hydrogen-bond acceptors (Lipinski definition) is 3. The Labute approximate surface area is 177 Å². The Morgan fingerprint density at radius 2 is 1.53 bits per heavy atom. The molecule has 0 radical (unpaired) electrons. The first-order chi connectivity index (χ1) is 14.4. The van der Waals surface area contributed by atoms with Crippen LogP contribution in [0.2, 0.25) is 0 Å². The highest BCUT2D eigenvalue weighted by atomic mass is 32.2. The van der Waals surface area contributed by atoms with Crippen molar-refractivity contribution in [2.75, 3.05) is 6.61 Å². The summed E-state index contributed by atoms with van der Waals surface area (Å²) < 4.78 is 47.9. The Hall–Kier alpha value is -2.54. The average molecular weight is 426 g/mol. The number of benzene rings is 3. The minimum atomic E-state index is -3.77. The normalized spacial score (nSPS) is 19.8. The molecule has 0 spiro atoms. The van der Waals surface area contributed by atoms with Gasteiger partial charge in [-0.2, -0.15) is 4.31 Å². The molecule has 3 aromatic rings. The van der Waals surface area contributed by atoms with Crippen LogP contribution in [0.4, 0.5) is 4.39 Å². The van der Waals surface area contributed by atoms with Gasteiger partial charge in [-0.3, -0.25) is 0 Å². The fraction of sp³-hybridized carbons (Fsp3) is 0.250. The number of aryl methyl sites for hydroxylation is 1. The zero-order chi connectivity index (χ0) is 21.1. The molecule has 2 atom stereocenters. The highest BCUT2D eigenvalue weighted by Gasteiger charge is 2.43. The van der Waals surface area contributed by atoms with Gasteiger partial charge < -0.3 is 4.74 Å². The first-order valence-electron chi connectivity index (χ1n) is 9.94. The summed E-state index contributed by atoms with van der Waals surface area (Å²) in [7, 11) is -3.77. The van der Waals surface area contributed by atoms with Gasteiger partial charge in [0.15, 0.2) is 0 Å². The fourth-order valence-electron chi connectivity index (χ4n) is 3.79. The van der Waals surface area contributed by atoms with Crippen LogP contribution in [-0.4, -0.2) is 31.6 Å². The molecule has 0 saturated carbocycles. The summed E-state index contributed by atoms with van der Waals surface area (Å²) in [4.78, 5) is 0.251. The second kappa shape index (κ2) is 8.68. The van der Waals surface area contributed by atoms with Gasteiger partial charge in [-0.1, -0.05) is 60.2 Å². The first kappa shape index (κ1) is 20.7. The third-order valence-corrected chi connectivity index (χ3v) is 7.32. The molecule has 0 bridgehead atoms. The molecule has 1 fully saturated rings. The van der Waals surface area contributed by atoms with Crippen LogP contribution in [0.3, 0.4) is 0 Å². The molecule has 1 aliphatic heterocycles. The highest BCUT2D eigenvalue weighted by molar-refractivity contribution is 7.89. The van der Waals surface area contributed by atoms with E-state index in [0.29, 0.717) is 19.4 Å². The van der Waals surface area contributed by atoms with Gasteiger partial charge in [0.1, 0.15) is 12.0 Å². The lowest BCUT2D eigenvalue weighted by Crippen LogP contribution is -2.43. The molecule has 0 amide bonds. The predicted octanol–water partition coefficient (Wildman–Crippen LogP) is 4.34. The Kier molecular flexibility index (Phi) is 5.99. The third-order valence-electron chi connectivity index (χ3n) is 5.36. The molecule has 3 aromatic carbocycles. The summed E-state index contributed by atoms with van der Waals surface area (Å²) in [6.45, 7) is 2.23. The van der Waals surface area contributed by atoms with Crippen LogP contribution in [-0.2, 0) is 27.6 Å². The molecule has 4 rings (SSSR count). The minimum Gasteiger partial charge on any atom is -0.360 e. The monoisotopic (exact) mass is 425 g/mol. The van der Waals surface area contributed by atoms with Crippen molar-refractivity contribution in [3.63, 3.8) is 0 Å². The van der Waals surface area contributed by atoms with Crippen molar-refractivity contribution in [2.24, 2.45) is 0 Å². The number of halogens is 1. The molecular weight excluding hydrogens is 401 g/mol. The average Bonchev–Trinajstić information content (AvgIpc) is 3.13. The first-order valence-corrected chi connectivity index (χ1v) is 11.4. The molecule has 0 aromatic heterocycles. The second-order valence-electron chi connectivity index (χ2n) is 7.61. The molecule has 30 heavy (non-hydrogen) atoms. The summed E-state index contributed by atoms with van der Waals surface area (Å²) in [6.07, 6.45) is 0.276. The Bertz CT molecular complexity index is 1080. The lowest BCUT2D eigenvalue weighted by atomic mass is 10.1. The van der Waals surface area contributed by atoms with Crippen molar-refractivity contribution in [2.45, 2.75) is 36.9 Å². The van der Waals surface area contributed by atoms with Crippen molar-refractivity contribution < 1.29 is 17.5 Å². The van der Waals surface area contributed by atoms with Gasteiger partial charge in [0.2, 0.25) is 10.0 Å². The maximum absolute atomic E-state index is 13.6. The van der Waals surface area contributed by atoms with Crippen LogP contribution >= 0.6 is 0 Å². The van der Waals surface area contributed by atoms with Crippen LogP contribution < -0.4 is 0 Å². The van der Waals surface area contributed by atoms with E-state index in [0.717, 1.165) is 16.7 Å². The van der Waals surface area contributed by atoms with Crippen molar-refractivity contribution >= 4 is 10.0 Å². The number of ether oxygens (including phenoxy) is 1. The number of hydrogen-bond donors (Lipinski definition) is 0. The molecule has 0 unspecified atom stereocenters. The minimum absolute atomic E-state index is 0.251. The lowest BCUT2D eigenvalue weighted by Gasteiger charge is -2.27. The van der Waals surface area contributed by atoms with E-state index in [1.54, 1.807) is 36.4 Å². The van der Waals surface area contributed by atoms with Gasteiger partial charge in [-0.15, -0.1) is 0 Å². The number of nitrogens with zero attached hydrogens (tertiary/aromatic N) is 1. The molecule has 6 heteroatoms. The van der Waals surface area contributed by atoms with E-state index in [9.17, 15) is 12.8 Å². The topological polar surface area (TPSA) is 46.6 Å². The van der Waals surface area contributed by atoms with Crippen LogP contribution in [0.1, 0.15) is 16.7 Å².